The molecular weight excluding hydrogens is 226 g/mol. The quantitative estimate of drug-likeness (QED) is 0.797. The van der Waals surface area contributed by atoms with Gasteiger partial charge in [-0.2, -0.15) is 0 Å². The molecule has 1 aliphatic carbocycles. The monoisotopic (exact) mass is 253 g/mol. The van der Waals surface area contributed by atoms with Crippen LogP contribution in [0, 0.1) is 5.92 Å². The molecule has 0 radical (unpaired) electrons. The van der Waals surface area contributed by atoms with Gasteiger partial charge >= 0.3 is 0 Å². The van der Waals surface area contributed by atoms with E-state index in [0.717, 1.165) is 25.9 Å². The van der Waals surface area contributed by atoms with Crippen LogP contribution < -0.4 is 5.73 Å². The molecule has 1 heterocycles. The van der Waals surface area contributed by atoms with E-state index in [0.29, 0.717) is 12.1 Å². The van der Waals surface area contributed by atoms with E-state index in [1.807, 2.05) is 13.8 Å². The Hall–Kier alpha value is -0.610. The third kappa shape index (κ3) is 3.04. The Morgan fingerprint density at radius 3 is 2.50 bits per heavy atom. The lowest BCUT2D eigenvalue weighted by molar-refractivity contribution is -0.134. The molecule has 18 heavy (non-hydrogen) atoms. The Kier molecular flexibility index (Phi) is 4.28. The molecule has 2 unspecified atom stereocenters. The first-order valence-corrected chi connectivity index (χ1v) is 7.27. The summed E-state index contributed by atoms with van der Waals surface area (Å²) in [4.78, 5) is 16.9. The standard InChI is InChI=1S/C14H27N3O/c1-10(2)13(15)14(18)17(11-6-7-11)9-12-5-4-8-16(12)3/h10-13H,4-9,15H2,1-3H3. The number of nitrogens with two attached hydrogens (primary N) is 1. The van der Waals surface area contributed by atoms with Crippen molar-refractivity contribution in [3.05, 3.63) is 0 Å². The minimum atomic E-state index is -0.336. The highest BCUT2D eigenvalue weighted by Gasteiger charge is 2.37. The number of rotatable bonds is 5. The lowest BCUT2D eigenvalue weighted by Gasteiger charge is -2.31. The Morgan fingerprint density at radius 2 is 2.06 bits per heavy atom. The minimum Gasteiger partial charge on any atom is -0.337 e. The minimum absolute atomic E-state index is 0.160. The maximum atomic E-state index is 12.4. The van der Waals surface area contributed by atoms with Gasteiger partial charge in [-0.1, -0.05) is 13.8 Å². The number of likely N-dealkylation sites (N-methyl/N-ethyl adjacent to an activating group) is 1. The van der Waals surface area contributed by atoms with Crippen molar-refractivity contribution in [3.8, 4) is 0 Å². The molecule has 2 atom stereocenters. The van der Waals surface area contributed by atoms with E-state index in [2.05, 4.69) is 16.8 Å². The molecule has 2 rings (SSSR count). The molecule has 4 heteroatoms. The summed E-state index contributed by atoms with van der Waals surface area (Å²) in [5.41, 5.74) is 6.03. The van der Waals surface area contributed by atoms with Crippen LogP contribution in [0.3, 0.4) is 0 Å². The van der Waals surface area contributed by atoms with Gasteiger partial charge in [0.2, 0.25) is 5.91 Å². The first-order chi connectivity index (χ1) is 8.50. The normalized spacial score (nSPS) is 26.6. The zero-order valence-corrected chi connectivity index (χ0v) is 11.9. The van der Waals surface area contributed by atoms with E-state index in [1.54, 1.807) is 0 Å². The molecule has 1 saturated heterocycles. The molecule has 4 nitrogen and oxygen atoms in total. The summed E-state index contributed by atoms with van der Waals surface area (Å²) in [6, 6.07) is 0.669. The van der Waals surface area contributed by atoms with Crippen LogP contribution in [0.4, 0.5) is 0 Å². The summed E-state index contributed by atoms with van der Waals surface area (Å²) in [5, 5.41) is 0. The highest BCUT2D eigenvalue weighted by molar-refractivity contribution is 5.82. The molecule has 1 aliphatic heterocycles. The smallest absolute Gasteiger partial charge is 0.240 e. The summed E-state index contributed by atoms with van der Waals surface area (Å²) >= 11 is 0. The molecular formula is C14H27N3O. The number of carbonyl (C=O) groups excluding carboxylic acids is 1. The number of hydrogen-bond acceptors (Lipinski definition) is 3. The van der Waals surface area contributed by atoms with Gasteiger partial charge in [-0.3, -0.25) is 4.79 Å². The highest BCUT2D eigenvalue weighted by Crippen LogP contribution is 2.29. The van der Waals surface area contributed by atoms with Crippen molar-refractivity contribution in [3.63, 3.8) is 0 Å². The van der Waals surface area contributed by atoms with Gasteiger partial charge < -0.3 is 15.5 Å². The molecule has 0 aromatic rings. The largest absolute Gasteiger partial charge is 0.337 e. The van der Waals surface area contributed by atoms with Crippen molar-refractivity contribution >= 4 is 5.91 Å². The van der Waals surface area contributed by atoms with Crippen LogP contribution in [-0.4, -0.2) is 54.0 Å². The van der Waals surface area contributed by atoms with Gasteiger partial charge in [0.25, 0.3) is 0 Å². The fraction of sp³-hybridized carbons (Fsp3) is 0.929. The van der Waals surface area contributed by atoms with Crippen LogP contribution in [-0.2, 0) is 4.79 Å². The second-order valence-corrected chi connectivity index (χ2v) is 6.27. The van der Waals surface area contributed by atoms with Crippen LogP contribution in [0.25, 0.3) is 0 Å². The van der Waals surface area contributed by atoms with Gasteiger partial charge in [0.05, 0.1) is 6.04 Å². The Bertz CT molecular complexity index is 301. The fourth-order valence-corrected chi connectivity index (χ4v) is 2.72. The molecule has 2 N–H and O–H groups in total. The van der Waals surface area contributed by atoms with Crippen molar-refractivity contribution in [2.75, 3.05) is 20.1 Å². The maximum Gasteiger partial charge on any atom is 0.240 e. The first kappa shape index (κ1) is 13.8. The Morgan fingerprint density at radius 1 is 1.39 bits per heavy atom. The highest BCUT2D eigenvalue weighted by atomic mass is 16.2. The number of nitrogens with zero attached hydrogens (tertiary/aromatic N) is 2. The predicted octanol–water partition coefficient (Wildman–Crippen LogP) is 1.05. The van der Waals surface area contributed by atoms with Crippen molar-refractivity contribution < 1.29 is 4.79 Å². The predicted molar refractivity (Wildman–Crippen MR) is 73.2 cm³/mol. The molecule has 0 aromatic heterocycles. The molecule has 1 amide bonds. The zero-order chi connectivity index (χ0) is 13.3. The average Bonchev–Trinajstić information content (AvgIpc) is 3.09. The Balaban J connectivity index is 1.97. The topological polar surface area (TPSA) is 49.6 Å². The van der Waals surface area contributed by atoms with Crippen LogP contribution in [0.2, 0.25) is 0 Å². The van der Waals surface area contributed by atoms with Gasteiger partial charge in [-0.05, 0) is 45.2 Å². The number of amides is 1. The Labute approximate surface area is 110 Å². The lowest BCUT2D eigenvalue weighted by Crippen LogP contribution is -2.51. The summed E-state index contributed by atoms with van der Waals surface area (Å²) in [6.07, 6.45) is 4.79. The molecule has 1 saturated carbocycles. The molecule has 0 aromatic carbocycles. The first-order valence-electron chi connectivity index (χ1n) is 7.27. The van der Waals surface area contributed by atoms with Gasteiger partial charge in [0, 0.05) is 18.6 Å². The molecule has 2 aliphatic rings. The van der Waals surface area contributed by atoms with E-state index in [1.165, 1.54) is 12.8 Å². The van der Waals surface area contributed by atoms with Crippen LogP contribution >= 0.6 is 0 Å². The molecule has 104 valence electrons. The second-order valence-electron chi connectivity index (χ2n) is 6.27. The molecule has 2 fully saturated rings. The number of carbonyl (C=O) groups is 1. The van der Waals surface area contributed by atoms with Crippen molar-refractivity contribution in [2.45, 2.75) is 57.7 Å². The number of likely N-dealkylation sites (tertiary alicyclic amines) is 1. The number of hydrogen-bond donors (Lipinski definition) is 1. The average molecular weight is 253 g/mol. The van der Waals surface area contributed by atoms with Crippen LogP contribution in [0.1, 0.15) is 39.5 Å². The summed E-state index contributed by atoms with van der Waals surface area (Å²) in [7, 11) is 2.16. The zero-order valence-electron chi connectivity index (χ0n) is 11.9. The second kappa shape index (κ2) is 5.57. The van der Waals surface area contributed by atoms with E-state index in [9.17, 15) is 4.79 Å². The van der Waals surface area contributed by atoms with Crippen LogP contribution in [0.5, 0.6) is 0 Å². The van der Waals surface area contributed by atoms with E-state index in [4.69, 9.17) is 5.73 Å². The van der Waals surface area contributed by atoms with E-state index in [-0.39, 0.29) is 17.9 Å². The third-order valence-corrected chi connectivity index (χ3v) is 4.35. The lowest BCUT2D eigenvalue weighted by atomic mass is 10.0. The fourth-order valence-electron chi connectivity index (χ4n) is 2.72. The van der Waals surface area contributed by atoms with Gasteiger partial charge in [-0.15, -0.1) is 0 Å². The van der Waals surface area contributed by atoms with Gasteiger partial charge in [0.15, 0.2) is 0 Å². The van der Waals surface area contributed by atoms with E-state index >= 15 is 0 Å². The maximum absolute atomic E-state index is 12.4. The van der Waals surface area contributed by atoms with Crippen molar-refractivity contribution in [1.29, 1.82) is 0 Å². The summed E-state index contributed by atoms with van der Waals surface area (Å²) < 4.78 is 0. The summed E-state index contributed by atoms with van der Waals surface area (Å²) in [6.45, 7) is 6.08. The molecule has 0 bridgehead atoms. The molecule has 0 spiro atoms. The SMILES string of the molecule is CC(C)C(N)C(=O)N(CC1CCCN1C)C1CC1. The third-order valence-electron chi connectivity index (χ3n) is 4.35. The summed E-state index contributed by atoms with van der Waals surface area (Å²) in [5.74, 6) is 0.382. The van der Waals surface area contributed by atoms with Crippen molar-refractivity contribution in [2.24, 2.45) is 11.7 Å². The van der Waals surface area contributed by atoms with Crippen LogP contribution in [0.15, 0.2) is 0 Å². The van der Waals surface area contributed by atoms with Gasteiger partial charge in [0.1, 0.15) is 0 Å². The van der Waals surface area contributed by atoms with Crippen molar-refractivity contribution in [1.82, 2.24) is 9.80 Å². The van der Waals surface area contributed by atoms with E-state index < -0.39 is 0 Å². The van der Waals surface area contributed by atoms with Gasteiger partial charge in [-0.25, -0.2) is 0 Å².